The lowest BCUT2D eigenvalue weighted by Gasteiger charge is -2.03. The van der Waals surface area contributed by atoms with Gasteiger partial charge in [-0.05, 0) is 19.4 Å². The van der Waals surface area contributed by atoms with E-state index in [0.29, 0.717) is 12.4 Å². The van der Waals surface area contributed by atoms with Crippen molar-refractivity contribution in [3.8, 4) is 0 Å². The third-order valence-corrected chi connectivity index (χ3v) is 3.11. The van der Waals surface area contributed by atoms with Gasteiger partial charge in [-0.1, -0.05) is 6.92 Å². The standard InChI is InChI=1S/C14H19N5O3/c1-3-6-19-10(2)9-12(17-19)15-13(20)5-8-18-7-4-11(16-18)14(21)22/h4,7,9H,3,5-6,8H2,1-2H3,(H,21,22)(H,15,17,20). The summed E-state index contributed by atoms with van der Waals surface area (Å²) in [6.07, 6.45) is 2.71. The maximum absolute atomic E-state index is 11.9. The van der Waals surface area contributed by atoms with Crippen molar-refractivity contribution in [3.05, 3.63) is 29.7 Å². The Hall–Kier alpha value is -2.64. The van der Waals surface area contributed by atoms with Gasteiger partial charge in [-0.25, -0.2) is 4.79 Å². The Labute approximate surface area is 127 Å². The number of nitrogens with one attached hydrogen (secondary N) is 1. The van der Waals surface area contributed by atoms with Crippen LogP contribution in [0.1, 0.15) is 35.9 Å². The summed E-state index contributed by atoms with van der Waals surface area (Å²) in [5, 5.41) is 19.7. The lowest BCUT2D eigenvalue weighted by Crippen LogP contribution is -2.15. The number of hydrogen-bond acceptors (Lipinski definition) is 4. The number of rotatable bonds is 7. The molecule has 0 radical (unpaired) electrons. The molecule has 1 amide bonds. The van der Waals surface area contributed by atoms with E-state index in [9.17, 15) is 9.59 Å². The predicted octanol–water partition coefficient (Wildman–Crippen LogP) is 1.53. The van der Waals surface area contributed by atoms with E-state index < -0.39 is 5.97 Å². The molecule has 0 unspecified atom stereocenters. The van der Waals surface area contributed by atoms with Crippen LogP contribution in [0.2, 0.25) is 0 Å². The Morgan fingerprint density at radius 3 is 2.73 bits per heavy atom. The van der Waals surface area contributed by atoms with E-state index in [1.165, 1.54) is 16.9 Å². The highest BCUT2D eigenvalue weighted by molar-refractivity contribution is 5.89. The number of carboxylic acids is 1. The van der Waals surface area contributed by atoms with Gasteiger partial charge in [0.1, 0.15) is 0 Å². The van der Waals surface area contributed by atoms with E-state index in [4.69, 9.17) is 5.11 Å². The summed E-state index contributed by atoms with van der Waals surface area (Å²) in [5.74, 6) is -0.740. The first-order valence-corrected chi connectivity index (χ1v) is 7.10. The molecule has 0 saturated heterocycles. The molecule has 0 atom stereocenters. The minimum Gasteiger partial charge on any atom is -0.476 e. The molecule has 0 spiro atoms. The first-order valence-electron chi connectivity index (χ1n) is 7.10. The molecule has 2 aromatic heterocycles. The number of anilines is 1. The quantitative estimate of drug-likeness (QED) is 0.807. The van der Waals surface area contributed by atoms with E-state index in [2.05, 4.69) is 22.4 Å². The number of aryl methyl sites for hydroxylation is 3. The van der Waals surface area contributed by atoms with Crippen LogP contribution in [0.3, 0.4) is 0 Å². The molecule has 0 aliphatic heterocycles. The van der Waals surface area contributed by atoms with Crippen molar-refractivity contribution in [2.24, 2.45) is 0 Å². The summed E-state index contributed by atoms with van der Waals surface area (Å²) >= 11 is 0. The summed E-state index contributed by atoms with van der Waals surface area (Å²) in [4.78, 5) is 22.6. The monoisotopic (exact) mass is 305 g/mol. The second kappa shape index (κ2) is 6.88. The Balaban J connectivity index is 1.87. The van der Waals surface area contributed by atoms with Gasteiger partial charge in [0.2, 0.25) is 5.91 Å². The number of carbonyl (C=O) groups excluding carboxylic acids is 1. The number of nitrogens with zero attached hydrogens (tertiary/aromatic N) is 4. The SMILES string of the molecule is CCCn1nc(NC(=O)CCn2ccc(C(=O)O)n2)cc1C. The minimum absolute atomic E-state index is 0.0330. The fraction of sp³-hybridized carbons (Fsp3) is 0.429. The van der Waals surface area contributed by atoms with Crippen molar-refractivity contribution in [2.75, 3.05) is 5.32 Å². The molecular weight excluding hydrogens is 286 g/mol. The molecule has 0 aliphatic rings. The maximum Gasteiger partial charge on any atom is 0.356 e. The van der Waals surface area contributed by atoms with Gasteiger partial charge in [-0.2, -0.15) is 10.2 Å². The molecular formula is C14H19N5O3. The molecule has 0 saturated carbocycles. The zero-order valence-corrected chi connectivity index (χ0v) is 12.6. The van der Waals surface area contributed by atoms with Crippen molar-refractivity contribution in [2.45, 2.75) is 39.8 Å². The normalized spacial score (nSPS) is 10.6. The molecule has 0 bridgehead atoms. The van der Waals surface area contributed by atoms with Crippen molar-refractivity contribution < 1.29 is 14.7 Å². The third-order valence-electron chi connectivity index (χ3n) is 3.11. The van der Waals surface area contributed by atoms with Gasteiger partial charge in [0.15, 0.2) is 11.5 Å². The molecule has 0 fully saturated rings. The average molecular weight is 305 g/mol. The van der Waals surface area contributed by atoms with Gasteiger partial charge in [0.05, 0.1) is 0 Å². The van der Waals surface area contributed by atoms with Crippen molar-refractivity contribution in [1.29, 1.82) is 0 Å². The van der Waals surface area contributed by atoms with Crippen LogP contribution in [0.5, 0.6) is 0 Å². The molecule has 0 aromatic carbocycles. The van der Waals surface area contributed by atoms with Crippen LogP contribution in [0, 0.1) is 6.92 Å². The number of aromatic nitrogens is 4. The maximum atomic E-state index is 11.9. The lowest BCUT2D eigenvalue weighted by atomic mass is 10.4. The summed E-state index contributed by atoms with van der Waals surface area (Å²) in [6, 6.07) is 3.22. The molecule has 22 heavy (non-hydrogen) atoms. The molecule has 8 heteroatoms. The number of hydrogen-bond donors (Lipinski definition) is 2. The van der Waals surface area contributed by atoms with Crippen LogP contribution < -0.4 is 5.32 Å². The van der Waals surface area contributed by atoms with Gasteiger partial charge >= 0.3 is 5.97 Å². The first kappa shape index (κ1) is 15.7. The highest BCUT2D eigenvalue weighted by Gasteiger charge is 2.10. The Morgan fingerprint density at radius 1 is 1.32 bits per heavy atom. The highest BCUT2D eigenvalue weighted by Crippen LogP contribution is 2.09. The molecule has 0 aliphatic carbocycles. The minimum atomic E-state index is -1.08. The molecule has 118 valence electrons. The van der Waals surface area contributed by atoms with Gasteiger partial charge in [0.25, 0.3) is 0 Å². The number of aromatic carboxylic acids is 1. The topological polar surface area (TPSA) is 102 Å². The molecule has 8 nitrogen and oxygen atoms in total. The number of carbonyl (C=O) groups is 2. The summed E-state index contributed by atoms with van der Waals surface area (Å²) in [5.41, 5.74) is 0.963. The van der Waals surface area contributed by atoms with Gasteiger partial charge < -0.3 is 10.4 Å². The fourth-order valence-corrected chi connectivity index (χ4v) is 2.03. The summed E-state index contributed by atoms with van der Waals surface area (Å²) in [6.45, 7) is 5.13. The molecule has 2 rings (SSSR count). The predicted molar refractivity (Wildman–Crippen MR) is 79.7 cm³/mol. The second-order valence-electron chi connectivity index (χ2n) is 4.96. The van der Waals surface area contributed by atoms with Gasteiger partial charge in [-0.3, -0.25) is 14.2 Å². The van der Waals surface area contributed by atoms with Crippen LogP contribution >= 0.6 is 0 Å². The van der Waals surface area contributed by atoms with Crippen molar-refractivity contribution in [3.63, 3.8) is 0 Å². The van der Waals surface area contributed by atoms with E-state index >= 15 is 0 Å². The van der Waals surface area contributed by atoms with Crippen LogP contribution in [-0.4, -0.2) is 36.5 Å². The smallest absolute Gasteiger partial charge is 0.356 e. The summed E-state index contributed by atoms with van der Waals surface area (Å²) in [7, 11) is 0. The Bertz CT molecular complexity index is 674. The van der Waals surface area contributed by atoms with Crippen LogP contribution in [0.15, 0.2) is 18.3 Å². The Kier molecular flexibility index (Phi) is 4.92. The van der Waals surface area contributed by atoms with Gasteiger partial charge in [0, 0.05) is 37.5 Å². The highest BCUT2D eigenvalue weighted by atomic mass is 16.4. The number of amides is 1. The lowest BCUT2D eigenvalue weighted by molar-refractivity contribution is -0.116. The Morgan fingerprint density at radius 2 is 2.09 bits per heavy atom. The van der Waals surface area contributed by atoms with E-state index in [1.807, 2.05) is 17.7 Å². The van der Waals surface area contributed by atoms with E-state index in [0.717, 1.165) is 18.7 Å². The van der Waals surface area contributed by atoms with Crippen molar-refractivity contribution in [1.82, 2.24) is 19.6 Å². The van der Waals surface area contributed by atoms with Crippen molar-refractivity contribution >= 4 is 17.7 Å². The molecule has 2 heterocycles. The second-order valence-corrected chi connectivity index (χ2v) is 4.96. The van der Waals surface area contributed by atoms with Gasteiger partial charge in [-0.15, -0.1) is 0 Å². The third kappa shape index (κ3) is 3.94. The first-order chi connectivity index (χ1) is 10.5. The van der Waals surface area contributed by atoms with Crippen LogP contribution in [0.25, 0.3) is 0 Å². The average Bonchev–Trinajstić information content (AvgIpc) is 3.05. The zero-order chi connectivity index (χ0) is 16.1. The number of carboxylic acid groups (broad SMARTS) is 1. The van der Waals surface area contributed by atoms with E-state index in [-0.39, 0.29) is 18.0 Å². The van der Waals surface area contributed by atoms with Crippen LogP contribution in [0.4, 0.5) is 5.82 Å². The largest absolute Gasteiger partial charge is 0.476 e. The van der Waals surface area contributed by atoms with Crippen LogP contribution in [-0.2, 0) is 17.9 Å². The summed E-state index contributed by atoms with van der Waals surface area (Å²) < 4.78 is 3.28. The molecule has 2 aromatic rings. The fourth-order valence-electron chi connectivity index (χ4n) is 2.03. The molecule has 2 N–H and O–H groups in total. The zero-order valence-electron chi connectivity index (χ0n) is 12.6. The van der Waals surface area contributed by atoms with E-state index in [1.54, 1.807) is 0 Å².